The molecule has 1 aliphatic rings. The number of nitrogens with one attached hydrogen (secondary N) is 2. The molecule has 7 heteroatoms. The van der Waals surface area contributed by atoms with Crippen molar-refractivity contribution in [3.05, 3.63) is 70.4 Å². The first kappa shape index (κ1) is 22.2. The van der Waals surface area contributed by atoms with Gasteiger partial charge in [-0.1, -0.05) is 48.9 Å². The molecule has 0 spiro atoms. The summed E-state index contributed by atoms with van der Waals surface area (Å²) in [5, 5.41) is 5.48. The summed E-state index contributed by atoms with van der Waals surface area (Å²) >= 11 is 0. The van der Waals surface area contributed by atoms with Crippen LogP contribution in [0.2, 0.25) is 0 Å². The minimum atomic E-state index is -0.735. The van der Waals surface area contributed by atoms with Gasteiger partial charge in [0.25, 0.3) is 0 Å². The SMILES string of the molecule is CCCOC(=O)C1=C(C)NC(=O)NC1c1cccc(OC)c1OCc1cccc(C)c1. The third kappa shape index (κ3) is 5.17. The highest BCUT2D eigenvalue weighted by atomic mass is 16.5. The molecular weight excluding hydrogens is 396 g/mol. The number of benzene rings is 2. The average Bonchev–Trinajstić information content (AvgIpc) is 2.75. The number of ether oxygens (including phenoxy) is 3. The summed E-state index contributed by atoms with van der Waals surface area (Å²) in [6.45, 7) is 6.23. The quantitative estimate of drug-likeness (QED) is 0.622. The number of esters is 1. The van der Waals surface area contributed by atoms with Crippen LogP contribution in [0, 0.1) is 6.92 Å². The molecule has 1 aliphatic heterocycles. The molecule has 0 bridgehead atoms. The number of para-hydroxylation sites is 1. The maximum absolute atomic E-state index is 12.8. The van der Waals surface area contributed by atoms with Crippen LogP contribution in [0.25, 0.3) is 0 Å². The monoisotopic (exact) mass is 424 g/mol. The third-order valence-corrected chi connectivity index (χ3v) is 4.93. The lowest BCUT2D eigenvalue weighted by Crippen LogP contribution is -2.45. The summed E-state index contributed by atoms with van der Waals surface area (Å²) < 4.78 is 17.0. The summed E-state index contributed by atoms with van der Waals surface area (Å²) in [6.07, 6.45) is 0.701. The van der Waals surface area contributed by atoms with Gasteiger partial charge in [0.05, 0.1) is 25.3 Å². The predicted molar refractivity (Wildman–Crippen MR) is 117 cm³/mol. The van der Waals surface area contributed by atoms with Crippen molar-refractivity contribution in [2.24, 2.45) is 0 Å². The van der Waals surface area contributed by atoms with Gasteiger partial charge < -0.3 is 24.8 Å². The highest BCUT2D eigenvalue weighted by Crippen LogP contribution is 2.39. The van der Waals surface area contributed by atoms with Crippen LogP contribution < -0.4 is 20.1 Å². The van der Waals surface area contributed by atoms with E-state index in [4.69, 9.17) is 14.2 Å². The second-order valence-electron chi connectivity index (χ2n) is 7.36. The van der Waals surface area contributed by atoms with E-state index in [1.807, 2.05) is 44.2 Å². The van der Waals surface area contributed by atoms with Gasteiger partial charge in [-0.15, -0.1) is 0 Å². The van der Waals surface area contributed by atoms with E-state index in [2.05, 4.69) is 10.6 Å². The maximum atomic E-state index is 12.8. The van der Waals surface area contributed by atoms with Gasteiger partial charge in [-0.05, 0) is 31.9 Å². The van der Waals surface area contributed by atoms with Crippen molar-refractivity contribution in [3.8, 4) is 11.5 Å². The Balaban J connectivity index is 2.00. The van der Waals surface area contributed by atoms with Gasteiger partial charge >= 0.3 is 12.0 Å². The van der Waals surface area contributed by atoms with Crippen LogP contribution >= 0.6 is 0 Å². The van der Waals surface area contributed by atoms with Gasteiger partial charge in [-0.25, -0.2) is 9.59 Å². The summed E-state index contributed by atoms with van der Waals surface area (Å²) in [4.78, 5) is 25.0. The van der Waals surface area contributed by atoms with Gasteiger partial charge in [0, 0.05) is 11.3 Å². The molecule has 1 heterocycles. The molecule has 2 N–H and O–H groups in total. The number of hydrogen-bond acceptors (Lipinski definition) is 5. The van der Waals surface area contributed by atoms with E-state index >= 15 is 0 Å². The van der Waals surface area contributed by atoms with Crippen molar-refractivity contribution in [2.75, 3.05) is 13.7 Å². The standard InChI is InChI=1S/C24H28N2O5/c1-5-12-30-23(27)20-16(3)25-24(28)26-21(20)18-10-7-11-19(29-4)22(18)31-14-17-9-6-8-15(2)13-17/h6-11,13,21H,5,12,14H2,1-4H3,(H2,25,26,28). The van der Waals surface area contributed by atoms with Crippen molar-refractivity contribution in [2.45, 2.75) is 39.8 Å². The highest BCUT2D eigenvalue weighted by molar-refractivity contribution is 5.95. The molecule has 0 saturated carbocycles. The smallest absolute Gasteiger partial charge is 0.338 e. The van der Waals surface area contributed by atoms with Crippen LogP contribution in [0.5, 0.6) is 11.5 Å². The zero-order valence-electron chi connectivity index (χ0n) is 18.3. The lowest BCUT2D eigenvalue weighted by atomic mass is 9.94. The lowest BCUT2D eigenvalue weighted by molar-refractivity contribution is -0.139. The second-order valence-corrected chi connectivity index (χ2v) is 7.36. The van der Waals surface area contributed by atoms with Crippen molar-refractivity contribution in [1.29, 1.82) is 0 Å². The normalized spacial score (nSPS) is 15.7. The molecule has 0 aliphatic carbocycles. The molecule has 1 atom stereocenters. The van der Waals surface area contributed by atoms with E-state index in [-0.39, 0.29) is 0 Å². The van der Waals surface area contributed by atoms with Crippen molar-refractivity contribution in [1.82, 2.24) is 10.6 Å². The van der Waals surface area contributed by atoms with E-state index in [9.17, 15) is 9.59 Å². The van der Waals surface area contributed by atoms with Gasteiger partial charge in [0.2, 0.25) is 0 Å². The second kappa shape index (κ2) is 10.0. The van der Waals surface area contributed by atoms with Crippen LogP contribution in [0.15, 0.2) is 53.7 Å². The number of urea groups is 1. The Morgan fingerprint density at radius 1 is 1.13 bits per heavy atom. The van der Waals surface area contributed by atoms with Crippen molar-refractivity contribution < 1.29 is 23.8 Å². The zero-order valence-corrected chi connectivity index (χ0v) is 18.3. The third-order valence-electron chi connectivity index (χ3n) is 4.93. The van der Waals surface area contributed by atoms with E-state index in [0.29, 0.717) is 48.0 Å². The fourth-order valence-corrected chi connectivity index (χ4v) is 3.50. The van der Waals surface area contributed by atoms with Crippen LogP contribution in [0.1, 0.15) is 43.0 Å². The van der Waals surface area contributed by atoms with Gasteiger partial charge in [-0.2, -0.15) is 0 Å². The molecule has 0 radical (unpaired) electrons. The molecule has 2 aromatic rings. The average molecular weight is 424 g/mol. The Morgan fingerprint density at radius 3 is 2.61 bits per heavy atom. The Bertz CT molecular complexity index is 999. The fraction of sp³-hybridized carbons (Fsp3) is 0.333. The van der Waals surface area contributed by atoms with Crippen molar-refractivity contribution >= 4 is 12.0 Å². The molecule has 3 rings (SSSR count). The first-order chi connectivity index (χ1) is 14.9. The van der Waals surface area contributed by atoms with Crippen LogP contribution in [0.4, 0.5) is 4.79 Å². The summed E-state index contributed by atoms with van der Waals surface area (Å²) in [6, 6.07) is 12.3. The summed E-state index contributed by atoms with van der Waals surface area (Å²) in [5.74, 6) is 0.494. The van der Waals surface area contributed by atoms with Crippen LogP contribution in [-0.2, 0) is 16.1 Å². The molecule has 0 fully saturated rings. The zero-order chi connectivity index (χ0) is 22.4. The number of hydrogen-bond donors (Lipinski definition) is 2. The molecule has 2 aromatic carbocycles. The number of rotatable bonds is 8. The number of carbonyl (C=O) groups excluding carboxylic acids is 2. The molecule has 1 unspecified atom stereocenters. The van der Waals surface area contributed by atoms with Crippen molar-refractivity contribution in [3.63, 3.8) is 0 Å². The van der Waals surface area contributed by atoms with E-state index < -0.39 is 18.0 Å². The Labute approximate surface area is 182 Å². The molecule has 2 amide bonds. The van der Waals surface area contributed by atoms with Gasteiger partial charge in [0.15, 0.2) is 11.5 Å². The number of carbonyl (C=O) groups is 2. The van der Waals surface area contributed by atoms with E-state index in [0.717, 1.165) is 11.1 Å². The minimum Gasteiger partial charge on any atom is -0.493 e. The predicted octanol–water partition coefficient (Wildman–Crippen LogP) is 4.16. The molecule has 31 heavy (non-hydrogen) atoms. The van der Waals surface area contributed by atoms with E-state index in [1.165, 1.54) is 0 Å². The molecule has 0 saturated heterocycles. The number of aryl methyl sites for hydroxylation is 1. The number of methoxy groups -OCH3 is 1. The van der Waals surface area contributed by atoms with E-state index in [1.54, 1.807) is 26.2 Å². The lowest BCUT2D eigenvalue weighted by Gasteiger charge is -2.29. The highest BCUT2D eigenvalue weighted by Gasteiger charge is 2.34. The largest absolute Gasteiger partial charge is 0.493 e. The maximum Gasteiger partial charge on any atom is 0.338 e. The minimum absolute atomic E-state index is 0.297. The number of allylic oxidation sites excluding steroid dienone is 1. The first-order valence-electron chi connectivity index (χ1n) is 10.2. The van der Waals surface area contributed by atoms with Gasteiger partial charge in [-0.3, -0.25) is 0 Å². The van der Waals surface area contributed by atoms with Crippen LogP contribution in [0.3, 0.4) is 0 Å². The van der Waals surface area contributed by atoms with Gasteiger partial charge in [0.1, 0.15) is 6.61 Å². The topological polar surface area (TPSA) is 85.9 Å². The fourth-order valence-electron chi connectivity index (χ4n) is 3.50. The summed E-state index contributed by atoms with van der Waals surface area (Å²) in [5.41, 5.74) is 3.53. The Morgan fingerprint density at radius 2 is 1.90 bits per heavy atom. The molecule has 0 aromatic heterocycles. The Kier molecular flexibility index (Phi) is 7.18. The molecule has 164 valence electrons. The summed E-state index contributed by atoms with van der Waals surface area (Å²) in [7, 11) is 1.55. The Hall–Kier alpha value is -3.48. The number of amides is 2. The molecule has 7 nitrogen and oxygen atoms in total. The first-order valence-corrected chi connectivity index (χ1v) is 10.2. The van der Waals surface area contributed by atoms with Crippen LogP contribution in [-0.4, -0.2) is 25.7 Å². The molecular formula is C24H28N2O5.